The van der Waals surface area contributed by atoms with Crippen molar-refractivity contribution < 1.29 is 77.3 Å². The summed E-state index contributed by atoms with van der Waals surface area (Å²) in [5.41, 5.74) is 35.4. The van der Waals surface area contributed by atoms with E-state index in [-0.39, 0.29) is 153 Å². The van der Waals surface area contributed by atoms with E-state index in [1.54, 1.807) is 82.3 Å². The third-order valence-corrected chi connectivity index (χ3v) is 23.4. The van der Waals surface area contributed by atoms with Gasteiger partial charge in [0, 0.05) is 63.6 Å². The average molecular weight is 1940 g/mol. The van der Waals surface area contributed by atoms with Gasteiger partial charge in [0.25, 0.3) is 0 Å². The van der Waals surface area contributed by atoms with Crippen molar-refractivity contribution in [1.82, 2.24) is 95.3 Å². The van der Waals surface area contributed by atoms with Gasteiger partial charge in [-0.05, 0) is 140 Å². The second-order valence-corrected chi connectivity index (χ2v) is 34.6. The van der Waals surface area contributed by atoms with Gasteiger partial charge in [-0.2, -0.15) is 25.3 Å². The summed E-state index contributed by atoms with van der Waals surface area (Å²) >= 11 is 9.05. The molecule has 0 bridgehead atoms. The normalized spacial score (nSPS) is 15.2. The van der Waals surface area contributed by atoms with E-state index in [0.717, 1.165) is 21.5 Å². The molecule has 0 fully saturated rings. The summed E-state index contributed by atoms with van der Waals surface area (Å²) in [7, 11) is 0. The van der Waals surface area contributed by atoms with Crippen molar-refractivity contribution in [1.29, 1.82) is 27.0 Å². The molecular formula is C90H135N29O16S2. The number of carboxylic acids is 1. The van der Waals surface area contributed by atoms with Crippen LogP contribution in [-0.2, 0) is 86.4 Å². The van der Waals surface area contributed by atoms with Crippen LogP contribution >= 0.6 is 25.3 Å². The molecule has 748 valence electrons. The Morgan fingerprint density at radius 2 is 0.737 bits per heavy atom. The van der Waals surface area contributed by atoms with Crippen LogP contribution in [0.2, 0.25) is 0 Å². The summed E-state index contributed by atoms with van der Waals surface area (Å²) in [4.78, 5) is 205. The number of carboxylic acid groups (broad SMARTS) is 1. The van der Waals surface area contributed by atoms with Gasteiger partial charge in [-0.3, -0.25) is 89.4 Å². The zero-order chi connectivity index (χ0) is 101. The minimum absolute atomic E-state index is 0.0113. The van der Waals surface area contributed by atoms with E-state index in [0.29, 0.717) is 22.3 Å². The van der Waals surface area contributed by atoms with Crippen molar-refractivity contribution in [3.8, 4) is 0 Å². The van der Waals surface area contributed by atoms with Crippen LogP contribution < -0.4 is 125 Å². The van der Waals surface area contributed by atoms with Gasteiger partial charge in [-0.15, -0.1) is 0 Å². The van der Waals surface area contributed by atoms with E-state index < -0.39 is 209 Å². The monoisotopic (exact) mass is 1940 g/mol. The molecule has 5 aromatic rings. The number of aliphatic hydroxyl groups excluding tert-OH is 1. The quantitative estimate of drug-likeness (QED) is 0.00774. The molecule has 1 aliphatic rings. The number of rotatable bonds is 57. The van der Waals surface area contributed by atoms with E-state index in [1.807, 2.05) is 54.6 Å². The molecule has 0 aromatic heterocycles. The van der Waals surface area contributed by atoms with Gasteiger partial charge < -0.3 is 140 Å². The Balaban J connectivity index is 1.29. The molecule has 6 rings (SSSR count). The van der Waals surface area contributed by atoms with Crippen LogP contribution in [0.1, 0.15) is 140 Å². The molecule has 0 saturated heterocycles. The maximum Gasteiger partial charge on any atom is 0.326 e. The van der Waals surface area contributed by atoms with Gasteiger partial charge in [-0.1, -0.05) is 143 Å². The topological polar surface area (TPSA) is 763 Å². The number of guanidine groups is 5. The molecule has 47 heteroatoms. The first-order valence-corrected chi connectivity index (χ1v) is 46.6. The molecule has 1 aliphatic heterocycles. The van der Waals surface area contributed by atoms with Gasteiger partial charge in [0.15, 0.2) is 29.8 Å². The Kier molecular flexibility index (Phi) is 46.7. The molecule has 13 amide bonds. The summed E-state index contributed by atoms with van der Waals surface area (Å²) < 4.78 is 0. The van der Waals surface area contributed by atoms with Crippen LogP contribution in [0.25, 0.3) is 21.5 Å². The lowest BCUT2D eigenvalue weighted by molar-refractivity contribution is -0.144. The number of hydrogen-bond acceptors (Lipinski definition) is 23. The van der Waals surface area contributed by atoms with Crippen LogP contribution in [0, 0.1) is 38.9 Å². The number of thiol groups is 2. The number of fused-ring (bicyclic) bond motifs is 3. The van der Waals surface area contributed by atoms with Crippen LogP contribution in [0.15, 0.2) is 109 Å². The van der Waals surface area contributed by atoms with E-state index in [4.69, 9.17) is 61.4 Å². The van der Waals surface area contributed by atoms with Crippen LogP contribution in [-0.4, -0.2) is 264 Å². The van der Waals surface area contributed by atoms with E-state index >= 15 is 28.8 Å². The minimum Gasteiger partial charge on any atom is -0.480 e. The Labute approximate surface area is 805 Å². The van der Waals surface area contributed by atoms with E-state index in [9.17, 15) is 48.6 Å². The summed E-state index contributed by atoms with van der Waals surface area (Å²) in [5.74, 6) is -17.0. The minimum atomic E-state index is -1.68. The standard InChI is InChI=1S/C90H135N29O16S2/c1-6-49(4)70(118-79(128)64(40-48(2)3)112-80(129)67(45-120)115-75(124)59(107-72(121)50(5)91)24-13-34-102-86(92)93)82(131)114-66(44-52-30-32-54-19-8-10-22-57(54)42-52)78(127)117-69(47-137)84(133)119-39-33-55-20-11-12-23-58(55)71(119)83(132)110-62(27-16-37-105-89(98)99)76(125)116-68(46-136)81(130)109-61(26-15-36-104-88(96)97)74(123)113-65(43-51-29-31-53-18-7-9-21-56(53)41-51)77(126)108-60(25-14-35-103-87(94)95)73(122)111-63(85(134)135)28-17-38-106-90(100)101/h7-12,18-23,29-32,41-42,48-50,59-71,120,136-137H,6,13-17,24-28,33-40,43-47,91H2,1-5H3,(H,107,121)(H,108,126)(H,109,130)(H,110,132)(H,111,122)(H,112,129)(H,113,123)(H,114,131)(H,115,124)(H,116,125)(H,117,127)(H,118,128)(H,134,135)(H4,92,93,102)(H4,94,95,103)(H4,96,97,104)(H4,98,99,105)(H4,100,101,106)/t49-,50-,59-,60-,61-,62-,63-,64-,65-,66-,67-,68+,69+,70-,71?/m0/s1. The first kappa shape index (κ1) is 112. The Morgan fingerprint density at radius 3 is 1.15 bits per heavy atom. The largest absolute Gasteiger partial charge is 0.480 e. The number of nitrogens with one attached hydrogen (secondary N) is 22. The molecular weight excluding hydrogens is 1810 g/mol. The van der Waals surface area contributed by atoms with Crippen LogP contribution in [0.5, 0.6) is 0 Å². The van der Waals surface area contributed by atoms with Gasteiger partial charge in [-0.25, -0.2) is 4.79 Å². The predicted molar refractivity (Wildman–Crippen MR) is 524 cm³/mol. The molecule has 45 nitrogen and oxygen atoms in total. The van der Waals surface area contributed by atoms with E-state index in [1.165, 1.54) is 11.8 Å². The van der Waals surface area contributed by atoms with Crippen molar-refractivity contribution in [3.63, 3.8) is 0 Å². The van der Waals surface area contributed by atoms with Crippen molar-refractivity contribution in [2.45, 2.75) is 216 Å². The smallest absolute Gasteiger partial charge is 0.326 e. The molecule has 36 N–H and O–H groups in total. The van der Waals surface area contributed by atoms with Gasteiger partial charge in [0.1, 0.15) is 78.5 Å². The van der Waals surface area contributed by atoms with Crippen LogP contribution in [0.3, 0.4) is 0 Å². The third-order valence-electron chi connectivity index (χ3n) is 22.6. The zero-order valence-electron chi connectivity index (χ0n) is 77.5. The number of aliphatic carboxylic acids is 1. The maximum absolute atomic E-state index is 15.6. The molecule has 5 aromatic carbocycles. The molecule has 1 heterocycles. The van der Waals surface area contributed by atoms with Crippen molar-refractivity contribution in [3.05, 3.63) is 131 Å². The number of hydrogen-bond donors (Lipinski definition) is 32. The number of nitrogens with two attached hydrogens (primary N) is 6. The second kappa shape index (κ2) is 57.1. The fourth-order valence-corrected chi connectivity index (χ4v) is 15.6. The highest BCUT2D eigenvalue weighted by Gasteiger charge is 2.43. The maximum atomic E-state index is 15.6. The number of nitrogens with zero attached hydrogens (tertiary/aromatic N) is 1. The van der Waals surface area contributed by atoms with Crippen molar-refractivity contribution in [2.24, 2.45) is 46.2 Å². The van der Waals surface area contributed by atoms with Crippen LogP contribution in [0.4, 0.5) is 0 Å². The summed E-state index contributed by atoms with van der Waals surface area (Å²) in [6, 6.07) is 11.3. The fourth-order valence-electron chi connectivity index (χ4n) is 15.1. The predicted octanol–water partition coefficient (Wildman–Crippen LogP) is -3.59. The van der Waals surface area contributed by atoms with Gasteiger partial charge in [0.05, 0.1) is 12.6 Å². The number of benzene rings is 5. The zero-order valence-corrected chi connectivity index (χ0v) is 79.3. The SMILES string of the molecule is CC[C@H](C)[C@H](NC(=O)[C@H](CC(C)C)NC(=O)[C@H](CO)NC(=O)[C@H](CCCNC(=N)N)NC(=O)[C@H](C)N)C(=O)N[C@@H](Cc1ccc2ccccc2c1)C(=O)N[C@H](CS)C(=O)N1CCc2ccccc2C1C(=O)N[C@@H](CCCNC(=N)N)C(=O)N[C@H](CS)C(=O)N[C@@H](CCCNC(=N)N)C(=O)N[C@@H](Cc1ccc2ccccc2c1)C(=O)N[C@@H](CCCNC(=N)N)C(=O)N[C@@H](CCCNC(=N)N)C(=O)O. The lowest BCUT2D eigenvalue weighted by Crippen LogP contribution is -2.62. The summed E-state index contributed by atoms with van der Waals surface area (Å²) in [5, 5.41) is 107. The number of carbonyl (C=O) groups is 14. The summed E-state index contributed by atoms with van der Waals surface area (Å²) in [6.07, 6.45) is -0.264. The highest BCUT2D eigenvalue weighted by atomic mass is 32.1. The van der Waals surface area contributed by atoms with Crippen molar-refractivity contribution >= 4 is 159 Å². The summed E-state index contributed by atoms with van der Waals surface area (Å²) in [6.45, 7) is 7.46. The average Bonchev–Trinajstić information content (AvgIpc) is 0.772. The number of aliphatic hydroxyl groups is 1. The molecule has 0 radical (unpaired) electrons. The second-order valence-electron chi connectivity index (χ2n) is 33.9. The number of carbonyl (C=O) groups excluding carboxylic acids is 13. The molecule has 137 heavy (non-hydrogen) atoms. The first-order chi connectivity index (χ1) is 65.1. The Morgan fingerprint density at radius 1 is 0.401 bits per heavy atom. The fraction of sp³-hybridized carbons (Fsp3) is 0.500. The van der Waals surface area contributed by atoms with Gasteiger partial charge in [0.2, 0.25) is 76.8 Å². The van der Waals surface area contributed by atoms with Crippen molar-refractivity contribution in [2.75, 3.05) is 57.4 Å². The molecule has 0 spiro atoms. The lowest BCUT2D eigenvalue weighted by Gasteiger charge is -2.39. The molecule has 0 saturated carbocycles. The highest BCUT2D eigenvalue weighted by molar-refractivity contribution is 7.80. The first-order valence-electron chi connectivity index (χ1n) is 45.3. The van der Waals surface area contributed by atoms with E-state index in [2.05, 4.69) is 116 Å². The Hall–Kier alpha value is -13.8. The lowest BCUT2D eigenvalue weighted by atomic mass is 9.91. The molecule has 15 atom stereocenters. The molecule has 0 aliphatic carbocycles. The highest BCUT2D eigenvalue weighted by Crippen LogP contribution is 2.32. The van der Waals surface area contributed by atoms with Gasteiger partial charge >= 0.3 is 5.97 Å². The number of amides is 13. The molecule has 1 unspecified atom stereocenters. The third kappa shape index (κ3) is 37.4. The Bertz CT molecular complexity index is 5050.